The zero-order valence-corrected chi connectivity index (χ0v) is 8.73. The van der Waals surface area contributed by atoms with Crippen LogP contribution in [0.1, 0.15) is 0 Å². The SMILES string of the molecule is N[C@@H](CS)C(=O)O.O.[NaH].[Zn]. The van der Waals surface area contributed by atoms with Crippen molar-refractivity contribution >= 4 is 48.2 Å². The molecule has 0 aromatic heterocycles. The van der Waals surface area contributed by atoms with Crippen molar-refractivity contribution in [3.8, 4) is 0 Å². The molecule has 0 saturated carbocycles. The van der Waals surface area contributed by atoms with Crippen molar-refractivity contribution in [1.82, 2.24) is 0 Å². The van der Waals surface area contributed by atoms with Crippen LogP contribution in [0.3, 0.4) is 0 Å². The van der Waals surface area contributed by atoms with Gasteiger partial charge in [-0.3, -0.25) is 4.79 Å². The molecule has 54 valence electrons. The fraction of sp³-hybridized carbons (Fsp3) is 0.667. The number of aliphatic carboxylic acids is 1. The van der Waals surface area contributed by atoms with Crippen molar-refractivity contribution in [2.24, 2.45) is 5.73 Å². The van der Waals surface area contributed by atoms with Crippen LogP contribution in [0.2, 0.25) is 0 Å². The van der Waals surface area contributed by atoms with Crippen molar-refractivity contribution in [3.05, 3.63) is 0 Å². The smallest absolute Gasteiger partial charge is 0 e. The van der Waals surface area contributed by atoms with Crippen molar-refractivity contribution < 1.29 is 34.9 Å². The van der Waals surface area contributed by atoms with E-state index < -0.39 is 12.0 Å². The predicted molar refractivity (Wildman–Crippen MR) is 40.2 cm³/mol. The van der Waals surface area contributed by atoms with Gasteiger partial charge in [-0.25, -0.2) is 0 Å². The molecule has 0 heterocycles. The summed E-state index contributed by atoms with van der Waals surface area (Å²) in [5.74, 6) is -0.815. The summed E-state index contributed by atoms with van der Waals surface area (Å²) >= 11 is 3.65. The average molecular weight is 229 g/mol. The van der Waals surface area contributed by atoms with E-state index >= 15 is 0 Å². The summed E-state index contributed by atoms with van der Waals surface area (Å²) in [5.41, 5.74) is 4.94. The summed E-state index contributed by atoms with van der Waals surface area (Å²) < 4.78 is 0. The first-order valence-corrected chi connectivity index (χ1v) is 2.41. The van der Waals surface area contributed by atoms with Crippen LogP contribution in [0.15, 0.2) is 0 Å². The predicted octanol–water partition coefficient (Wildman–Crippen LogP) is -2.15. The number of carbonyl (C=O) groups is 1. The molecule has 0 aliphatic carbocycles. The van der Waals surface area contributed by atoms with E-state index in [1.807, 2.05) is 0 Å². The van der Waals surface area contributed by atoms with E-state index in [9.17, 15) is 4.79 Å². The fourth-order valence-corrected chi connectivity index (χ4v) is 0.234. The number of nitrogens with two attached hydrogens (primary N) is 1. The Balaban J connectivity index is -0.0000000600. The van der Waals surface area contributed by atoms with Gasteiger partial charge in [0.15, 0.2) is 0 Å². The number of carboxylic acids is 1. The molecule has 0 amide bonds. The van der Waals surface area contributed by atoms with E-state index in [1.165, 1.54) is 0 Å². The Morgan fingerprint density at radius 2 is 2.00 bits per heavy atom. The molecule has 0 aliphatic rings. The van der Waals surface area contributed by atoms with Gasteiger partial charge in [-0.2, -0.15) is 12.6 Å². The molecular weight excluding hydrogens is 218 g/mol. The van der Waals surface area contributed by atoms with Gasteiger partial charge >= 0.3 is 35.5 Å². The Labute approximate surface area is 99.7 Å². The van der Waals surface area contributed by atoms with Gasteiger partial charge in [-0.15, -0.1) is 0 Å². The number of thiol groups is 1. The molecule has 0 unspecified atom stereocenters. The maximum atomic E-state index is 9.76. The van der Waals surface area contributed by atoms with Crippen LogP contribution in [0.4, 0.5) is 0 Å². The molecule has 0 saturated heterocycles. The second-order valence-corrected chi connectivity index (χ2v) is 1.49. The van der Waals surface area contributed by atoms with Gasteiger partial charge in [0.2, 0.25) is 0 Å². The third-order valence-electron chi connectivity index (χ3n) is 0.514. The molecule has 0 aromatic rings. The quantitative estimate of drug-likeness (QED) is 0.372. The molecule has 0 aromatic carbocycles. The van der Waals surface area contributed by atoms with Crippen molar-refractivity contribution in [2.45, 2.75) is 6.04 Å². The van der Waals surface area contributed by atoms with E-state index in [0.29, 0.717) is 0 Å². The summed E-state index contributed by atoms with van der Waals surface area (Å²) in [6.45, 7) is 0. The van der Waals surface area contributed by atoms with E-state index in [2.05, 4.69) is 12.6 Å². The van der Waals surface area contributed by atoms with Gasteiger partial charge in [0.1, 0.15) is 6.04 Å². The summed E-state index contributed by atoms with van der Waals surface area (Å²) in [6, 6.07) is -0.816. The van der Waals surface area contributed by atoms with Crippen LogP contribution in [-0.2, 0) is 24.3 Å². The van der Waals surface area contributed by atoms with Crippen LogP contribution >= 0.6 is 12.6 Å². The minimum atomic E-state index is -1.00. The molecule has 0 spiro atoms. The zero-order valence-electron chi connectivity index (χ0n) is 4.87. The molecule has 5 N–H and O–H groups in total. The van der Waals surface area contributed by atoms with Crippen LogP contribution in [0.5, 0.6) is 0 Å². The van der Waals surface area contributed by atoms with Gasteiger partial charge < -0.3 is 16.3 Å². The molecule has 0 radical (unpaired) electrons. The van der Waals surface area contributed by atoms with Crippen molar-refractivity contribution in [2.75, 3.05) is 5.75 Å². The first-order valence-electron chi connectivity index (χ1n) is 1.77. The summed E-state index contributed by atoms with van der Waals surface area (Å²) in [6.07, 6.45) is 0. The summed E-state index contributed by atoms with van der Waals surface area (Å²) in [5, 5.41) is 8.01. The average Bonchev–Trinajstić information content (AvgIpc) is 1.65. The Morgan fingerprint density at radius 3 is 2.00 bits per heavy atom. The van der Waals surface area contributed by atoms with E-state index in [1.54, 1.807) is 0 Å². The van der Waals surface area contributed by atoms with Crippen LogP contribution in [-0.4, -0.2) is 57.9 Å². The molecule has 1 atom stereocenters. The van der Waals surface area contributed by atoms with Crippen molar-refractivity contribution in [3.63, 3.8) is 0 Å². The topological polar surface area (TPSA) is 94.8 Å². The van der Waals surface area contributed by atoms with E-state index in [0.717, 1.165) is 0 Å². The Bertz CT molecular complexity index is 86.1. The number of hydrogen-bond donors (Lipinski definition) is 3. The minimum absolute atomic E-state index is 0. The fourth-order valence-electron chi connectivity index (χ4n) is 0.0781. The van der Waals surface area contributed by atoms with E-state index in [4.69, 9.17) is 10.8 Å². The van der Waals surface area contributed by atoms with Crippen LogP contribution < -0.4 is 5.73 Å². The van der Waals surface area contributed by atoms with Crippen LogP contribution in [0.25, 0.3) is 0 Å². The van der Waals surface area contributed by atoms with Gasteiger partial charge in [-0.05, 0) is 0 Å². The summed E-state index contributed by atoms with van der Waals surface area (Å²) in [7, 11) is 0. The standard InChI is InChI=1S/C3H7NO2S.Na.H2O.Zn.H/c4-2(1-7)3(5)6;;;;/h2,7H,1,4H2,(H,5,6);;1H2;;/t2-;;;;/m0..../s1. The Kier molecular flexibility index (Phi) is 29.2. The Morgan fingerprint density at radius 1 is 1.70 bits per heavy atom. The maximum Gasteiger partial charge on any atom is 0 e. The first kappa shape index (κ1) is 22.5. The van der Waals surface area contributed by atoms with Crippen LogP contribution in [0, 0.1) is 0 Å². The monoisotopic (exact) mass is 227 g/mol. The minimum Gasteiger partial charge on any atom is 0 e. The van der Waals surface area contributed by atoms with E-state index in [-0.39, 0.29) is 60.3 Å². The van der Waals surface area contributed by atoms with Gasteiger partial charge in [0, 0.05) is 25.2 Å². The normalized spacial score (nSPS) is 9.40. The molecule has 0 fully saturated rings. The molecule has 4 nitrogen and oxygen atoms in total. The molecule has 10 heavy (non-hydrogen) atoms. The summed E-state index contributed by atoms with van der Waals surface area (Å²) in [4.78, 5) is 9.76. The molecular formula is C3H10NNaO3SZn. The third-order valence-corrected chi connectivity index (χ3v) is 0.907. The number of rotatable bonds is 2. The van der Waals surface area contributed by atoms with Gasteiger partial charge in [0.25, 0.3) is 0 Å². The molecule has 0 rings (SSSR count). The van der Waals surface area contributed by atoms with Gasteiger partial charge in [-0.1, -0.05) is 0 Å². The second kappa shape index (κ2) is 13.0. The maximum absolute atomic E-state index is 9.76. The van der Waals surface area contributed by atoms with Crippen molar-refractivity contribution in [1.29, 1.82) is 0 Å². The second-order valence-electron chi connectivity index (χ2n) is 1.13. The molecule has 7 heteroatoms. The zero-order chi connectivity index (χ0) is 5.86. The molecule has 0 aliphatic heterocycles. The number of carboxylic acid groups (broad SMARTS) is 1. The molecule has 0 bridgehead atoms. The third kappa shape index (κ3) is 12.1. The Hall–Kier alpha value is 1.36. The number of hydrogen-bond acceptors (Lipinski definition) is 3. The largest absolute Gasteiger partial charge is 0 e. The first-order chi connectivity index (χ1) is 3.18. The van der Waals surface area contributed by atoms with Gasteiger partial charge in [0.05, 0.1) is 0 Å².